The summed E-state index contributed by atoms with van der Waals surface area (Å²) >= 11 is 7.64. The minimum absolute atomic E-state index is 0.187. The van der Waals surface area contributed by atoms with Gasteiger partial charge in [-0.25, -0.2) is 9.79 Å². The van der Waals surface area contributed by atoms with Crippen LogP contribution in [0.15, 0.2) is 57.5 Å². The van der Waals surface area contributed by atoms with Crippen LogP contribution in [0.25, 0.3) is 6.08 Å². The Kier molecular flexibility index (Phi) is 9.14. The molecule has 3 aromatic rings. The average Bonchev–Trinajstić information content (AvgIpc) is 3.23. The summed E-state index contributed by atoms with van der Waals surface area (Å²) in [4.78, 5) is 32.7. The number of methoxy groups -OCH3 is 2. The highest BCUT2D eigenvalue weighted by Crippen LogP contribution is 2.38. The van der Waals surface area contributed by atoms with Gasteiger partial charge in [0, 0.05) is 5.56 Å². The van der Waals surface area contributed by atoms with Crippen molar-refractivity contribution < 1.29 is 23.7 Å². The monoisotopic (exact) mass is 570 g/mol. The lowest BCUT2D eigenvalue weighted by Gasteiger charge is -2.27. The van der Waals surface area contributed by atoms with Crippen molar-refractivity contribution in [2.75, 3.05) is 27.4 Å². The van der Waals surface area contributed by atoms with E-state index in [4.69, 9.17) is 35.5 Å². The Labute approximate surface area is 235 Å². The molecule has 1 atom stereocenters. The number of hydrogen-bond acceptors (Lipinski definition) is 8. The number of aromatic nitrogens is 1. The summed E-state index contributed by atoms with van der Waals surface area (Å²) in [6.45, 7) is 6.32. The number of carbonyl (C=O) groups excluding carboxylic acids is 1. The lowest BCUT2D eigenvalue weighted by molar-refractivity contribution is -0.139. The molecule has 0 radical (unpaired) electrons. The highest BCUT2D eigenvalue weighted by molar-refractivity contribution is 7.07. The van der Waals surface area contributed by atoms with E-state index in [0.29, 0.717) is 61.5 Å². The van der Waals surface area contributed by atoms with Crippen LogP contribution in [-0.2, 0) is 9.53 Å². The highest BCUT2D eigenvalue weighted by Gasteiger charge is 2.36. The molecule has 2 aromatic carbocycles. The summed E-state index contributed by atoms with van der Waals surface area (Å²) in [6.07, 6.45) is 3.05. The van der Waals surface area contributed by atoms with Crippen molar-refractivity contribution in [1.29, 1.82) is 0 Å². The van der Waals surface area contributed by atoms with Gasteiger partial charge in [0.2, 0.25) is 0 Å². The largest absolute Gasteiger partial charge is 0.497 e. The third-order valence-corrected chi connectivity index (χ3v) is 7.46. The van der Waals surface area contributed by atoms with Crippen LogP contribution in [0.1, 0.15) is 50.8 Å². The zero-order valence-electron chi connectivity index (χ0n) is 22.6. The predicted molar refractivity (Wildman–Crippen MR) is 152 cm³/mol. The standard InChI is InChI=1S/C29H31ClN2O6S/c1-6-9-21-25(28(34)38-8-3)26(19-16-18(35-4)11-13-22(19)36-5)32-27(33)24(39-29(32)31-21)15-17-10-12-23(37-7-2)20(30)14-17/h10-16,26H,6-9H2,1-5H3/b24-15-/t26-/m0/s1. The molecule has 0 bridgehead atoms. The number of benzene rings is 2. The normalized spacial score (nSPS) is 15.0. The van der Waals surface area contributed by atoms with Gasteiger partial charge in [-0.15, -0.1) is 0 Å². The Balaban J connectivity index is 2.00. The molecule has 1 aliphatic rings. The molecule has 0 aliphatic carbocycles. The summed E-state index contributed by atoms with van der Waals surface area (Å²) in [6, 6.07) is 9.84. The molecule has 1 aromatic heterocycles. The maximum absolute atomic E-state index is 14.0. The van der Waals surface area contributed by atoms with Crippen LogP contribution in [0.4, 0.5) is 0 Å². The summed E-state index contributed by atoms with van der Waals surface area (Å²) in [5.41, 5.74) is 1.94. The Hall–Kier alpha value is -3.56. The Morgan fingerprint density at radius 2 is 1.85 bits per heavy atom. The first kappa shape index (κ1) is 28.4. The van der Waals surface area contributed by atoms with Crippen LogP contribution < -0.4 is 29.1 Å². The molecule has 2 heterocycles. The minimum Gasteiger partial charge on any atom is -0.497 e. The smallest absolute Gasteiger partial charge is 0.338 e. The van der Waals surface area contributed by atoms with Gasteiger partial charge in [-0.3, -0.25) is 9.36 Å². The third-order valence-electron chi connectivity index (χ3n) is 6.18. The van der Waals surface area contributed by atoms with Crippen LogP contribution in [0, 0.1) is 0 Å². The first-order valence-corrected chi connectivity index (χ1v) is 13.9. The molecule has 0 amide bonds. The van der Waals surface area contributed by atoms with E-state index in [1.807, 2.05) is 19.9 Å². The number of allylic oxidation sites excluding steroid dienone is 1. The number of thiazole rings is 1. The van der Waals surface area contributed by atoms with Gasteiger partial charge in [0.05, 0.1) is 48.3 Å². The Bertz CT molecular complexity index is 1590. The second kappa shape index (κ2) is 12.5. The van der Waals surface area contributed by atoms with Gasteiger partial charge in [-0.1, -0.05) is 42.3 Å². The highest BCUT2D eigenvalue weighted by atomic mass is 35.5. The van der Waals surface area contributed by atoms with E-state index in [0.717, 1.165) is 12.0 Å². The SMILES string of the molecule is CCCC1=C(C(=O)OCC)[C@H](c2cc(OC)ccc2OC)n2c(s/c(=C\c3ccc(OCC)c(Cl)c3)c2=O)=N1. The Morgan fingerprint density at radius 3 is 2.49 bits per heavy atom. The first-order valence-electron chi connectivity index (χ1n) is 12.7. The molecule has 39 heavy (non-hydrogen) atoms. The number of carbonyl (C=O) groups is 1. The van der Waals surface area contributed by atoms with E-state index in [-0.39, 0.29) is 12.2 Å². The van der Waals surface area contributed by atoms with Gasteiger partial charge in [-0.2, -0.15) is 0 Å². The van der Waals surface area contributed by atoms with Gasteiger partial charge < -0.3 is 18.9 Å². The maximum Gasteiger partial charge on any atom is 0.338 e. The van der Waals surface area contributed by atoms with Crippen LogP contribution in [0.5, 0.6) is 17.2 Å². The second-order valence-electron chi connectivity index (χ2n) is 8.64. The zero-order valence-corrected chi connectivity index (χ0v) is 24.1. The molecule has 4 rings (SSSR count). The number of ether oxygens (including phenoxy) is 4. The number of halogens is 1. The molecule has 1 aliphatic heterocycles. The van der Waals surface area contributed by atoms with Gasteiger partial charge >= 0.3 is 5.97 Å². The van der Waals surface area contributed by atoms with Gasteiger partial charge in [-0.05, 0) is 62.2 Å². The fourth-order valence-corrected chi connectivity index (χ4v) is 5.76. The molecular formula is C29H31ClN2O6S. The van der Waals surface area contributed by atoms with Crippen molar-refractivity contribution in [3.05, 3.63) is 83.5 Å². The molecule has 0 spiro atoms. The van der Waals surface area contributed by atoms with Crippen molar-refractivity contribution >= 4 is 35.0 Å². The summed E-state index contributed by atoms with van der Waals surface area (Å²) in [7, 11) is 3.11. The van der Waals surface area contributed by atoms with Crippen LogP contribution in [-0.4, -0.2) is 38.0 Å². The minimum atomic E-state index is -0.821. The quantitative estimate of drug-likeness (QED) is 0.330. The lowest BCUT2D eigenvalue weighted by Crippen LogP contribution is -2.40. The topological polar surface area (TPSA) is 88.4 Å². The molecule has 0 N–H and O–H groups in total. The van der Waals surface area contributed by atoms with E-state index in [1.54, 1.807) is 57.6 Å². The second-order valence-corrected chi connectivity index (χ2v) is 10.1. The van der Waals surface area contributed by atoms with Crippen LogP contribution in [0.3, 0.4) is 0 Å². The number of fused-ring (bicyclic) bond motifs is 1. The van der Waals surface area contributed by atoms with E-state index in [2.05, 4.69) is 0 Å². The summed E-state index contributed by atoms with van der Waals surface area (Å²) in [5.74, 6) is 1.13. The zero-order chi connectivity index (χ0) is 28.1. The number of esters is 1. The molecule has 206 valence electrons. The Morgan fingerprint density at radius 1 is 1.08 bits per heavy atom. The van der Waals surface area contributed by atoms with Crippen molar-refractivity contribution in [2.24, 2.45) is 4.99 Å². The fourth-order valence-electron chi connectivity index (χ4n) is 4.50. The van der Waals surface area contributed by atoms with E-state index < -0.39 is 12.0 Å². The number of nitrogens with zero attached hydrogens (tertiary/aromatic N) is 2. The molecule has 8 nitrogen and oxygen atoms in total. The molecule has 10 heteroatoms. The van der Waals surface area contributed by atoms with Crippen molar-refractivity contribution in [3.8, 4) is 17.2 Å². The average molecular weight is 571 g/mol. The molecule has 0 saturated heterocycles. The molecule has 0 saturated carbocycles. The summed E-state index contributed by atoms with van der Waals surface area (Å²) in [5, 5.41) is 0.451. The van der Waals surface area contributed by atoms with E-state index >= 15 is 0 Å². The summed E-state index contributed by atoms with van der Waals surface area (Å²) < 4.78 is 24.1. The molecular weight excluding hydrogens is 540 g/mol. The van der Waals surface area contributed by atoms with Crippen molar-refractivity contribution in [1.82, 2.24) is 4.57 Å². The number of hydrogen-bond donors (Lipinski definition) is 0. The first-order chi connectivity index (χ1) is 18.9. The third kappa shape index (κ3) is 5.74. The van der Waals surface area contributed by atoms with Gasteiger partial charge in [0.25, 0.3) is 5.56 Å². The van der Waals surface area contributed by atoms with Crippen LogP contribution >= 0.6 is 22.9 Å². The van der Waals surface area contributed by atoms with Gasteiger partial charge in [0.15, 0.2) is 4.80 Å². The van der Waals surface area contributed by atoms with E-state index in [9.17, 15) is 9.59 Å². The van der Waals surface area contributed by atoms with E-state index in [1.165, 1.54) is 15.9 Å². The maximum atomic E-state index is 14.0. The van der Waals surface area contributed by atoms with Crippen molar-refractivity contribution in [2.45, 2.75) is 39.7 Å². The molecule has 0 fully saturated rings. The fraction of sp³-hybridized carbons (Fsp3) is 0.345. The number of rotatable bonds is 10. The molecule has 0 unspecified atom stereocenters. The van der Waals surface area contributed by atoms with Crippen LogP contribution in [0.2, 0.25) is 5.02 Å². The van der Waals surface area contributed by atoms with Crippen molar-refractivity contribution in [3.63, 3.8) is 0 Å². The lowest BCUT2D eigenvalue weighted by atomic mass is 9.93. The predicted octanol–water partition coefficient (Wildman–Crippen LogP) is 4.65. The van der Waals surface area contributed by atoms with Gasteiger partial charge in [0.1, 0.15) is 23.3 Å².